The van der Waals surface area contributed by atoms with Gasteiger partial charge in [-0.25, -0.2) is 0 Å². The standard InChI is InChI=1S/C14H20OS/c15-14(8-7-12-9-10-16-11-12)13-5-3-1-2-4-6-13/h9-11,13H,1-8H2. The van der Waals surface area contributed by atoms with Gasteiger partial charge in [-0.2, -0.15) is 11.3 Å². The van der Waals surface area contributed by atoms with Crippen molar-refractivity contribution in [1.82, 2.24) is 0 Å². The van der Waals surface area contributed by atoms with E-state index in [1.54, 1.807) is 11.3 Å². The van der Waals surface area contributed by atoms with Crippen LogP contribution in [0.3, 0.4) is 0 Å². The van der Waals surface area contributed by atoms with E-state index in [1.807, 2.05) is 0 Å². The zero-order chi connectivity index (χ0) is 11.2. The van der Waals surface area contributed by atoms with Crippen molar-refractivity contribution in [3.63, 3.8) is 0 Å². The Balaban J connectivity index is 1.78. The highest BCUT2D eigenvalue weighted by Gasteiger charge is 2.19. The van der Waals surface area contributed by atoms with Gasteiger partial charge in [0, 0.05) is 12.3 Å². The normalized spacial score (nSPS) is 18.2. The maximum Gasteiger partial charge on any atom is 0.136 e. The fraction of sp³-hybridized carbons (Fsp3) is 0.643. The smallest absolute Gasteiger partial charge is 0.136 e. The van der Waals surface area contributed by atoms with Crippen LogP contribution in [0.4, 0.5) is 0 Å². The van der Waals surface area contributed by atoms with Crippen molar-refractivity contribution in [2.45, 2.75) is 51.4 Å². The van der Waals surface area contributed by atoms with Gasteiger partial charge in [0.1, 0.15) is 5.78 Å². The Morgan fingerprint density at radius 2 is 2.00 bits per heavy atom. The second-order valence-electron chi connectivity index (χ2n) is 4.79. The molecule has 0 radical (unpaired) electrons. The zero-order valence-corrected chi connectivity index (χ0v) is 10.6. The van der Waals surface area contributed by atoms with Crippen LogP contribution in [-0.4, -0.2) is 5.78 Å². The predicted molar refractivity (Wildman–Crippen MR) is 68.8 cm³/mol. The number of hydrogen-bond donors (Lipinski definition) is 0. The fourth-order valence-corrected chi connectivity index (χ4v) is 3.21. The number of carbonyl (C=O) groups excluding carboxylic acids is 1. The van der Waals surface area contributed by atoms with Crippen LogP contribution in [0.15, 0.2) is 16.8 Å². The summed E-state index contributed by atoms with van der Waals surface area (Å²) in [6.07, 6.45) is 9.15. The molecule has 0 amide bonds. The molecule has 1 aliphatic carbocycles. The molecule has 0 bridgehead atoms. The lowest BCUT2D eigenvalue weighted by Gasteiger charge is -2.11. The number of hydrogen-bond acceptors (Lipinski definition) is 2. The average Bonchev–Trinajstić information content (AvgIpc) is 2.66. The molecular formula is C14H20OS. The molecule has 0 N–H and O–H groups in total. The Morgan fingerprint density at radius 1 is 1.25 bits per heavy atom. The molecule has 16 heavy (non-hydrogen) atoms. The number of carbonyl (C=O) groups is 1. The molecule has 2 heteroatoms. The van der Waals surface area contributed by atoms with Crippen LogP contribution in [0.25, 0.3) is 0 Å². The largest absolute Gasteiger partial charge is 0.299 e. The quantitative estimate of drug-likeness (QED) is 0.715. The van der Waals surface area contributed by atoms with E-state index in [0.29, 0.717) is 11.7 Å². The van der Waals surface area contributed by atoms with Crippen LogP contribution < -0.4 is 0 Å². The van der Waals surface area contributed by atoms with Crippen molar-refractivity contribution in [1.29, 1.82) is 0 Å². The third-order valence-corrected chi connectivity index (χ3v) is 4.28. The minimum atomic E-state index is 0.376. The van der Waals surface area contributed by atoms with Gasteiger partial charge in [0.25, 0.3) is 0 Å². The summed E-state index contributed by atoms with van der Waals surface area (Å²) in [5, 5.41) is 4.24. The summed E-state index contributed by atoms with van der Waals surface area (Å²) in [6, 6.07) is 2.13. The number of rotatable bonds is 4. The molecule has 0 atom stereocenters. The molecular weight excluding hydrogens is 216 g/mol. The number of aryl methyl sites for hydroxylation is 1. The maximum absolute atomic E-state index is 12.0. The van der Waals surface area contributed by atoms with E-state index in [2.05, 4.69) is 16.8 Å². The lowest BCUT2D eigenvalue weighted by atomic mass is 9.92. The van der Waals surface area contributed by atoms with Gasteiger partial charge >= 0.3 is 0 Å². The predicted octanol–water partition coefficient (Wildman–Crippen LogP) is 4.22. The summed E-state index contributed by atoms with van der Waals surface area (Å²) in [5.74, 6) is 0.884. The Hall–Kier alpha value is -0.630. The van der Waals surface area contributed by atoms with E-state index in [4.69, 9.17) is 0 Å². The van der Waals surface area contributed by atoms with Gasteiger partial charge in [-0.1, -0.05) is 25.7 Å². The lowest BCUT2D eigenvalue weighted by Crippen LogP contribution is -2.14. The number of Topliss-reactive ketones (excluding diaryl/α,β-unsaturated/α-hetero) is 1. The number of thiophene rings is 1. The van der Waals surface area contributed by atoms with Crippen molar-refractivity contribution >= 4 is 17.1 Å². The van der Waals surface area contributed by atoms with Gasteiger partial charge in [-0.15, -0.1) is 0 Å². The highest BCUT2D eigenvalue weighted by Crippen LogP contribution is 2.25. The highest BCUT2D eigenvalue weighted by atomic mass is 32.1. The molecule has 0 aliphatic heterocycles. The average molecular weight is 236 g/mol. The summed E-state index contributed by atoms with van der Waals surface area (Å²) in [5.41, 5.74) is 1.33. The third-order valence-electron chi connectivity index (χ3n) is 3.55. The Labute approximate surface area is 102 Å². The van der Waals surface area contributed by atoms with Gasteiger partial charge < -0.3 is 0 Å². The third kappa shape index (κ3) is 3.44. The minimum Gasteiger partial charge on any atom is -0.299 e. The number of ketones is 1. The summed E-state index contributed by atoms with van der Waals surface area (Å²) in [6.45, 7) is 0. The lowest BCUT2D eigenvalue weighted by molar-refractivity contribution is -0.123. The van der Waals surface area contributed by atoms with Crippen molar-refractivity contribution in [3.05, 3.63) is 22.4 Å². The summed E-state index contributed by atoms with van der Waals surface area (Å²) < 4.78 is 0. The van der Waals surface area contributed by atoms with Gasteiger partial charge in [-0.05, 0) is 41.7 Å². The molecule has 0 unspecified atom stereocenters. The van der Waals surface area contributed by atoms with E-state index in [0.717, 1.165) is 25.7 Å². The van der Waals surface area contributed by atoms with Crippen molar-refractivity contribution in [2.75, 3.05) is 0 Å². The first kappa shape index (κ1) is 11.8. The van der Waals surface area contributed by atoms with Crippen LogP contribution in [0, 0.1) is 5.92 Å². The van der Waals surface area contributed by atoms with Crippen LogP contribution in [-0.2, 0) is 11.2 Å². The first-order valence-electron chi connectivity index (χ1n) is 6.40. The molecule has 1 aromatic rings. The van der Waals surface area contributed by atoms with Crippen molar-refractivity contribution in [2.24, 2.45) is 5.92 Å². The molecule has 0 spiro atoms. The first-order valence-corrected chi connectivity index (χ1v) is 7.34. The molecule has 88 valence electrons. The molecule has 0 aromatic carbocycles. The van der Waals surface area contributed by atoms with Crippen LogP contribution in [0.5, 0.6) is 0 Å². The Kier molecular flexibility index (Phi) is 4.58. The molecule has 2 rings (SSSR count). The van der Waals surface area contributed by atoms with Gasteiger partial charge in [-0.3, -0.25) is 4.79 Å². The van der Waals surface area contributed by atoms with Crippen molar-refractivity contribution in [3.8, 4) is 0 Å². The van der Waals surface area contributed by atoms with Gasteiger partial charge in [0.15, 0.2) is 0 Å². The fourth-order valence-electron chi connectivity index (χ4n) is 2.51. The topological polar surface area (TPSA) is 17.1 Å². The Bertz CT molecular complexity index is 307. The van der Waals surface area contributed by atoms with E-state index in [-0.39, 0.29) is 0 Å². The maximum atomic E-state index is 12.0. The first-order chi connectivity index (χ1) is 7.86. The second kappa shape index (κ2) is 6.19. The molecule has 1 saturated carbocycles. The molecule has 1 nitrogen and oxygen atoms in total. The summed E-state index contributed by atoms with van der Waals surface area (Å²) >= 11 is 1.72. The van der Waals surface area contributed by atoms with Crippen LogP contribution >= 0.6 is 11.3 Å². The molecule has 1 aromatic heterocycles. The minimum absolute atomic E-state index is 0.376. The molecule has 1 fully saturated rings. The van der Waals surface area contributed by atoms with E-state index in [9.17, 15) is 4.79 Å². The summed E-state index contributed by atoms with van der Waals surface area (Å²) in [4.78, 5) is 12.0. The van der Waals surface area contributed by atoms with Crippen LogP contribution in [0.2, 0.25) is 0 Å². The molecule has 1 aliphatic rings. The summed E-state index contributed by atoms with van der Waals surface area (Å²) in [7, 11) is 0. The van der Waals surface area contributed by atoms with Crippen molar-refractivity contribution < 1.29 is 4.79 Å². The van der Waals surface area contributed by atoms with Gasteiger partial charge in [0.2, 0.25) is 0 Å². The van der Waals surface area contributed by atoms with Crippen LogP contribution in [0.1, 0.15) is 50.5 Å². The van der Waals surface area contributed by atoms with E-state index >= 15 is 0 Å². The SMILES string of the molecule is O=C(CCc1ccsc1)C1CCCCCC1. The zero-order valence-electron chi connectivity index (χ0n) is 9.78. The monoisotopic (exact) mass is 236 g/mol. The molecule has 1 heterocycles. The van der Waals surface area contributed by atoms with E-state index in [1.165, 1.54) is 31.2 Å². The van der Waals surface area contributed by atoms with Gasteiger partial charge in [0.05, 0.1) is 0 Å². The van der Waals surface area contributed by atoms with E-state index < -0.39 is 0 Å². The molecule has 0 saturated heterocycles. The Morgan fingerprint density at radius 3 is 2.62 bits per heavy atom. The second-order valence-corrected chi connectivity index (χ2v) is 5.57. The highest BCUT2D eigenvalue weighted by molar-refractivity contribution is 7.07.